The van der Waals surface area contributed by atoms with E-state index in [1.165, 1.54) is 87.6 Å². The number of ether oxygens (including phenoxy) is 4. The first-order valence-corrected chi connectivity index (χ1v) is 20.6. The average Bonchev–Trinajstić information content (AvgIpc) is 3.22. The summed E-state index contributed by atoms with van der Waals surface area (Å²) in [5.41, 5.74) is 0.0130. The summed E-state index contributed by atoms with van der Waals surface area (Å²) in [6, 6.07) is 17.0. The number of aliphatic imine (C=N–C) groups is 1. The van der Waals surface area contributed by atoms with Crippen LogP contribution in [0, 0.1) is 23.3 Å². The van der Waals surface area contributed by atoms with Crippen LogP contribution in [0.2, 0.25) is 0 Å². The smallest absolute Gasteiger partial charge is 0.346 e. The third-order valence-electron chi connectivity index (χ3n) is 9.55. The summed E-state index contributed by atoms with van der Waals surface area (Å²) in [4.78, 5) is 29.7. The molecule has 4 rings (SSSR count). The van der Waals surface area contributed by atoms with Gasteiger partial charge in [-0.25, -0.2) is 18.4 Å². The predicted octanol–water partition coefficient (Wildman–Crippen LogP) is 13.5. The average molecular weight is 806 g/mol. The SMILES string of the molecule is CCCCCCCCCCCCOc1ccc(C(=O)Oc2ccc(C=Nc3ccc(OC(=O)c4ccc(OCCCCCCCC)c(F)c4F)cc3)cc2)c(F)c1F. The van der Waals surface area contributed by atoms with Crippen molar-refractivity contribution in [1.82, 2.24) is 0 Å². The summed E-state index contributed by atoms with van der Waals surface area (Å²) in [6.07, 6.45) is 19.2. The van der Waals surface area contributed by atoms with E-state index < -0.39 is 46.3 Å². The summed E-state index contributed by atoms with van der Waals surface area (Å²) in [7, 11) is 0. The number of carbonyl (C=O) groups is 2. The first-order valence-electron chi connectivity index (χ1n) is 20.6. The molecule has 7 nitrogen and oxygen atoms in total. The zero-order valence-electron chi connectivity index (χ0n) is 33.6. The molecular formula is C47H55F4NO6. The Morgan fingerprint density at radius 3 is 1.28 bits per heavy atom. The third-order valence-corrected chi connectivity index (χ3v) is 9.55. The van der Waals surface area contributed by atoms with Gasteiger partial charge < -0.3 is 18.9 Å². The van der Waals surface area contributed by atoms with Crippen molar-refractivity contribution in [2.75, 3.05) is 13.2 Å². The highest BCUT2D eigenvalue weighted by Gasteiger charge is 2.22. The second-order valence-corrected chi connectivity index (χ2v) is 14.2. The maximum atomic E-state index is 14.8. The second-order valence-electron chi connectivity index (χ2n) is 14.2. The van der Waals surface area contributed by atoms with Gasteiger partial charge in [-0.2, -0.15) is 8.78 Å². The van der Waals surface area contributed by atoms with E-state index in [9.17, 15) is 27.2 Å². The van der Waals surface area contributed by atoms with Crippen LogP contribution in [0.3, 0.4) is 0 Å². The van der Waals surface area contributed by atoms with E-state index in [-0.39, 0.29) is 36.2 Å². The van der Waals surface area contributed by atoms with Gasteiger partial charge >= 0.3 is 11.9 Å². The predicted molar refractivity (Wildman–Crippen MR) is 219 cm³/mol. The summed E-state index contributed by atoms with van der Waals surface area (Å²) in [6.45, 7) is 4.84. The lowest BCUT2D eigenvalue weighted by Crippen LogP contribution is -2.12. The largest absolute Gasteiger partial charge is 0.490 e. The molecule has 0 unspecified atom stereocenters. The number of rotatable bonds is 26. The van der Waals surface area contributed by atoms with Gasteiger partial charge in [-0.1, -0.05) is 104 Å². The van der Waals surface area contributed by atoms with Crippen LogP contribution in [-0.4, -0.2) is 31.4 Å². The fourth-order valence-electron chi connectivity index (χ4n) is 6.13. The van der Waals surface area contributed by atoms with E-state index in [1.807, 2.05) is 0 Å². The van der Waals surface area contributed by atoms with Crippen molar-refractivity contribution in [3.05, 3.63) is 113 Å². The van der Waals surface area contributed by atoms with Crippen LogP contribution in [0.5, 0.6) is 23.0 Å². The Hall–Kier alpha value is -5.19. The van der Waals surface area contributed by atoms with Gasteiger partial charge in [0.2, 0.25) is 11.6 Å². The van der Waals surface area contributed by atoms with Crippen LogP contribution in [0.15, 0.2) is 77.8 Å². The molecule has 0 N–H and O–H groups in total. The second kappa shape index (κ2) is 25.2. The first kappa shape index (κ1) is 45.5. The molecule has 0 aliphatic carbocycles. The van der Waals surface area contributed by atoms with Crippen LogP contribution in [0.4, 0.5) is 23.2 Å². The number of unbranched alkanes of at least 4 members (excludes halogenated alkanes) is 14. The van der Waals surface area contributed by atoms with Crippen LogP contribution in [0.25, 0.3) is 0 Å². The minimum atomic E-state index is -1.34. The van der Waals surface area contributed by atoms with E-state index in [0.717, 1.165) is 69.9 Å². The first-order chi connectivity index (χ1) is 28.2. The number of hydrogen-bond acceptors (Lipinski definition) is 7. The van der Waals surface area contributed by atoms with Gasteiger partial charge in [0.1, 0.15) is 11.5 Å². The van der Waals surface area contributed by atoms with Gasteiger partial charge in [0.25, 0.3) is 0 Å². The van der Waals surface area contributed by atoms with Gasteiger partial charge in [0.05, 0.1) is 30.0 Å². The van der Waals surface area contributed by atoms with Crippen molar-refractivity contribution in [2.45, 2.75) is 117 Å². The molecule has 0 atom stereocenters. The molecule has 58 heavy (non-hydrogen) atoms. The molecule has 0 aliphatic heterocycles. The van der Waals surface area contributed by atoms with E-state index >= 15 is 0 Å². The number of nitrogens with zero attached hydrogens (tertiary/aromatic N) is 1. The number of benzene rings is 4. The molecule has 0 bridgehead atoms. The molecule has 0 fully saturated rings. The topological polar surface area (TPSA) is 83.4 Å². The number of halogens is 4. The Balaban J connectivity index is 1.20. The van der Waals surface area contributed by atoms with Gasteiger partial charge in [-0.3, -0.25) is 4.99 Å². The highest BCUT2D eigenvalue weighted by atomic mass is 19.2. The van der Waals surface area contributed by atoms with Gasteiger partial charge in [0.15, 0.2) is 23.1 Å². The Kier molecular flexibility index (Phi) is 19.8. The lowest BCUT2D eigenvalue weighted by Gasteiger charge is -2.10. The monoisotopic (exact) mass is 805 g/mol. The summed E-state index contributed by atoms with van der Waals surface area (Å²) in [5.74, 6) is -7.58. The van der Waals surface area contributed by atoms with Crippen LogP contribution >= 0.6 is 0 Å². The maximum Gasteiger partial charge on any atom is 0.346 e. The molecule has 0 saturated heterocycles. The third kappa shape index (κ3) is 15.0. The molecular weight excluding hydrogens is 751 g/mol. The highest BCUT2D eigenvalue weighted by molar-refractivity contribution is 5.92. The fraction of sp³-hybridized carbons (Fsp3) is 0.426. The summed E-state index contributed by atoms with van der Waals surface area (Å²) in [5, 5.41) is 0. The maximum absolute atomic E-state index is 14.8. The Bertz CT molecular complexity index is 1900. The lowest BCUT2D eigenvalue weighted by molar-refractivity contribution is 0.0718. The van der Waals surface area contributed by atoms with E-state index in [1.54, 1.807) is 24.3 Å². The molecule has 0 aromatic heterocycles. The van der Waals surface area contributed by atoms with Crippen LogP contribution < -0.4 is 18.9 Å². The van der Waals surface area contributed by atoms with Crippen molar-refractivity contribution in [3.63, 3.8) is 0 Å². The lowest BCUT2D eigenvalue weighted by atomic mass is 10.1. The van der Waals surface area contributed by atoms with Gasteiger partial charge in [0, 0.05) is 6.21 Å². The van der Waals surface area contributed by atoms with Crippen LogP contribution in [0.1, 0.15) is 143 Å². The van der Waals surface area contributed by atoms with Gasteiger partial charge in [-0.15, -0.1) is 0 Å². The number of hydrogen-bond donors (Lipinski definition) is 0. The molecule has 4 aromatic rings. The van der Waals surface area contributed by atoms with Crippen molar-refractivity contribution in [2.24, 2.45) is 4.99 Å². The Morgan fingerprint density at radius 2 is 0.862 bits per heavy atom. The number of esters is 2. The fourth-order valence-corrected chi connectivity index (χ4v) is 6.13. The molecule has 0 saturated carbocycles. The van der Waals surface area contributed by atoms with Crippen molar-refractivity contribution in [3.8, 4) is 23.0 Å². The molecule has 0 spiro atoms. The molecule has 0 heterocycles. The molecule has 0 radical (unpaired) electrons. The zero-order chi connectivity index (χ0) is 41.5. The molecule has 0 aliphatic rings. The summed E-state index contributed by atoms with van der Waals surface area (Å²) >= 11 is 0. The highest BCUT2D eigenvalue weighted by Crippen LogP contribution is 2.27. The quantitative estimate of drug-likeness (QED) is 0.0207. The Labute approximate surface area is 339 Å². The van der Waals surface area contributed by atoms with E-state index in [0.29, 0.717) is 11.3 Å². The molecule has 11 heteroatoms. The van der Waals surface area contributed by atoms with Crippen LogP contribution in [-0.2, 0) is 0 Å². The summed E-state index contributed by atoms with van der Waals surface area (Å²) < 4.78 is 80.3. The normalized spacial score (nSPS) is 11.2. The molecule has 312 valence electrons. The molecule has 4 aromatic carbocycles. The van der Waals surface area contributed by atoms with E-state index in [4.69, 9.17) is 18.9 Å². The molecule has 0 amide bonds. The van der Waals surface area contributed by atoms with Gasteiger partial charge in [-0.05, 0) is 91.2 Å². The van der Waals surface area contributed by atoms with Crippen molar-refractivity contribution < 1.29 is 46.1 Å². The minimum Gasteiger partial charge on any atom is -0.490 e. The van der Waals surface area contributed by atoms with Crippen molar-refractivity contribution in [1.29, 1.82) is 0 Å². The van der Waals surface area contributed by atoms with Crippen molar-refractivity contribution >= 4 is 23.8 Å². The number of carbonyl (C=O) groups excluding carboxylic acids is 2. The standard InChI is InChI=1S/C47H55F4NO6/c1-3-5-7-9-11-12-13-14-16-18-32-56-41-29-27-38(42(48)44(41)50)46(53)57-36-23-19-34(20-24-36)33-52-35-21-25-37(26-22-35)58-47(54)39-28-30-40(45(51)43(39)49)55-31-17-15-10-8-6-4-2/h19-30,33H,3-18,31-32H2,1-2H3. The Morgan fingerprint density at radius 1 is 0.483 bits per heavy atom. The zero-order valence-corrected chi connectivity index (χ0v) is 33.6. The van der Waals surface area contributed by atoms with E-state index in [2.05, 4.69) is 18.8 Å². The minimum absolute atomic E-state index is 0.0983.